The summed E-state index contributed by atoms with van der Waals surface area (Å²) < 4.78 is 23.0. The molecule has 0 amide bonds. The van der Waals surface area contributed by atoms with Crippen LogP contribution in [0, 0.1) is 6.92 Å². The number of sulfonamides is 1. The second-order valence-corrected chi connectivity index (χ2v) is 9.66. The highest BCUT2D eigenvalue weighted by Crippen LogP contribution is 2.44. The summed E-state index contributed by atoms with van der Waals surface area (Å²) in [6, 6.07) is 11.5. The van der Waals surface area contributed by atoms with Gasteiger partial charge in [0, 0.05) is 27.4 Å². The standard InChI is InChI=1S/C20H17Cl2NO3S2/c1-3-17(24)20-18(12-4-7-14(8-5-12)28(23,25)26)11(2)19(27-20)15-9-6-13(21)10-16(15)22/h4-10H,3H2,1-2H3,(H2,23,25,26). The van der Waals surface area contributed by atoms with Crippen LogP contribution in [-0.4, -0.2) is 14.2 Å². The van der Waals surface area contributed by atoms with Crippen molar-refractivity contribution >= 4 is 50.3 Å². The molecule has 0 aliphatic carbocycles. The van der Waals surface area contributed by atoms with Crippen LogP contribution in [0.15, 0.2) is 47.4 Å². The first-order valence-corrected chi connectivity index (χ1v) is 11.5. The zero-order valence-electron chi connectivity index (χ0n) is 15.1. The molecule has 0 bridgehead atoms. The first-order valence-electron chi connectivity index (χ1n) is 8.38. The number of thiophene rings is 1. The van der Waals surface area contributed by atoms with Gasteiger partial charge in [-0.25, -0.2) is 13.6 Å². The molecular formula is C20H17Cl2NO3S2. The highest BCUT2D eigenvalue weighted by molar-refractivity contribution is 7.89. The molecule has 0 spiro atoms. The van der Waals surface area contributed by atoms with Gasteiger partial charge in [0.1, 0.15) is 0 Å². The van der Waals surface area contributed by atoms with Crippen LogP contribution < -0.4 is 5.14 Å². The van der Waals surface area contributed by atoms with E-state index >= 15 is 0 Å². The fourth-order valence-electron chi connectivity index (χ4n) is 2.96. The number of Topliss-reactive ketones (excluding diaryl/α,β-unsaturated/α-hetero) is 1. The fourth-order valence-corrected chi connectivity index (χ4v) is 5.41. The summed E-state index contributed by atoms with van der Waals surface area (Å²) in [4.78, 5) is 14.1. The van der Waals surface area contributed by atoms with Crippen LogP contribution in [0.25, 0.3) is 21.6 Å². The van der Waals surface area contributed by atoms with Gasteiger partial charge in [-0.3, -0.25) is 4.79 Å². The normalized spacial score (nSPS) is 11.6. The quantitative estimate of drug-likeness (QED) is 0.485. The molecule has 3 rings (SSSR count). The third-order valence-electron chi connectivity index (χ3n) is 4.37. The first-order chi connectivity index (χ1) is 13.1. The lowest BCUT2D eigenvalue weighted by Crippen LogP contribution is -2.11. The minimum Gasteiger partial charge on any atom is -0.293 e. The molecule has 0 atom stereocenters. The highest BCUT2D eigenvalue weighted by atomic mass is 35.5. The minimum atomic E-state index is -3.78. The molecule has 4 nitrogen and oxygen atoms in total. The van der Waals surface area contributed by atoms with E-state index in [0.717, 1.165) is 27.1 Å². The first kappa shape index (κ1) is 21.0. The van der Waals surface area contributed by atoms with E-state index in [1.807, 2.05) is 13.0 Å². The lowest BCUT2D eigenvalue weighted by atomic mass is 9.97. The smallest absolute Gasteiger partial charge is 0.238 e. The summed E-state index contributed by atoms with van der Waals surface area (Å²) in [6.45, 7) is 3.73. The largest absolute Gasteiger partial charge is 0.293 e. The van der Waals surface area contributed by atoms with Gasteiger partial charge in [0.2, 0.25) is 10.0 Å². The number of carbonyl (C=O) groups excluding carboxylic acids is 1. The van der Waals surface area contributed by atoms with E-state index in [9.17, 15) is 13.2 Å². The monoisotopic (exact) mass is 453 g/mol. The number of halogens is 2. The summed E-state index contributed by atoms with van der Waals surface area (Å²) in [5.74, 6) is 0.00922. The van der Waals surface area contributed by atoms with Gasteiger partial charge in [-0.2, -0.15) is 0 Å². The van der Waals surface area contributed by atoms with Gasteiger partial charge in [-0.15, -0.1) is 11.3 Å². The minimum absolute atomic E-state index is 0.00922. The van der Waals surface area contributed by atoms with Crippen molar-refractivity contribution in [1.29, 1.82) is 0 Å². The second-order valence-electron chi connectivity index (χ2n) is 6.23. The van der Waals surface area contributed by atoms with Gasteiger partial charge < -0.3 is 0 Å². The molecule has 1 heterocycles. The average Bonchev–Trinajstić information content (AvgIpc) is 2.97. The molecule has 0 saturated carbocycles. The Balaban J connectivity index is 2.23. The van der Waals surface area contributed by atoms with E-state index in [1.54, 1.807) is 31.2 Å². The molecule has 3 aromatic rings. The number of hydrogen-bond donors (Lipinski definition) is 1. The molecule has 0 fully saturated rings. The number of primary sulfonamides is 1. The van der Waals surface area contributed by atoms with Crippen molar-refractivity contribution in [3.05, 3.63) is 63.0 Å². The Kier molecular flexibility index (Phi) is 5.98. The third kappa shape index (κ3) is 4.02. The van der Waals surface area contributed by atoms with Crippen molar-refractivity contribution in [3.63, 3.8) is 0 Å². The summed E-state index contributed by atoms with van der Waals surface area (Å²) >= 11 is 13.8. The molecule has 0 aliphatic rings. The Morgan fingerprint density at radius 2 is 1.75 bits per heavy atom. The number of nitrogens with two attached hydrogens (primary N) is 1. The van der Waals surface area contributed by atoms with Gasteiger partial charge >= 0.3 is 0 Å². The van der Waals surface area contributed by atoms with E-state index < -0.39 is 10.0 Å². The van der Waals surface area contributed by atoms with Crippen LogP contribution in [0.1, 0.15) is 28.6 Å². The molecule has 8 heteroatoms. The zero-order valence-corrected chi connectivity index (χ0v) is 18.3. The molecule has 1 aromatic heterocycles. The van der Waals surface area contributed by atoms with E-state index in [2.05, 4.69) is 0 Å². The Morgan fingerprint density at radius 1 is 1.11 bits per heavy atom. The molecule has 28 heavy (non-hydrogen) atoms. The maximum Gasteiger partial charge on any atom is 0.238 e. The highest BCUT2D eigenvalue weighted by Gasteiger charge is 2.23. The third-order valence-corrected chi connectivity index (χ3v) is 7.21. The number of carbonyl (C=O) groups is 1. The molecular weight excluding hydrogens is 437 g/mol. The van der Waals surface area contributed by atoms with Crippen molar-refractivity contribution in [3.8, 4) is 21.6 Å². The van der Waals surface area contributed by atoms with Crippen molar-refractivity contribution in [2.45, 2.75) is 25.2 Å². The molecule has 2 N–H and O–H groups in total. The Bertz CT molecular complexity index is 1170. The lowest BCUT2D eigenvalue weighted by molar-refractivity contribution is 0.0992. The molecule has 0 radical (unpaired) electrons. The maximum atomic E-state index is 12.6. The van der Waals surface area contributed by atoms with Crippen LogP contribution in [0.3, 0.4) is 0 Å². The maximum absolute atomic E-state index is 12.6. The van der Waals surface area contributed by atoms with Crippen molar-refractivity contribution < 1.29 is 13.2 Å². The molecule has 0 saturated heterocycles. The number of ketones is 1. The van der Waals surface area contributed by atoms with Gasteiger partial charge in [0.15, 0.2) is 5.78 Å². The molecule has 0 aliphatic heterocycles. The Morgan fingerprint density at radius 3 is 2.29 bits per heavy atom. The average molecular weight is 454 g/mol. The number of hydrogen-bond acceptors (Lipinski definition) is 4. The molecule has 146 valence electrons. The van der Waals surface area contributed by atoms with Gasteiger partial charge in [-0.05, 0) is 42.3 Å². The van der Waals surface area contributed by atoms with Crippen molar-refractivity contribution in [2.24, 2.45) is 5.14 Å². The predicted molar refractivity (Wildman–Crippen MR) is 116 cm³/mol. The van der Waals surface area contributed by atoms with E-state index in [0.29, 0.717) is 21.3 Å². The van der Waals surface area contributed by atoms with Crippen LogP contribution in [-0.2, 0) is 10.0 Å². The molecule has 2 aromatic carbocycles. The Labute approximate surface area is 178 Å². The lowest BCUT2D eigenvalue weighted by Gasteiger charge is -2.07. The van der Waals surface area contributed by atoms with Gasteiger partial charge in [-0.1, -0.05) is 48.3 Å². The predicted octanol–water partition coefficient (Wildman–Crippen LogP) is 5.94. The summed E-state index contributed by atoms with van der Waals surface area (Å²) in [5, 5.41) is 6.22. The van der Waals surface area contributed by atoms with E-state index in [-0.39, 0.29) is 10.7 Å². The second kappa shape index (κ2) is 7.97. The summed E-state index contributed by atoms with van der Waals surface area (Å²) in [5.41, 5.74) is 3.22. The van der Waals surface area contributed by atoms with Crippen molar-refractivity contribution in [1.82, 2.24) is 0 Å². The number of rotatable bonds is 5. The van der Waals surface area contributed by atoms with Crippen LogP contribution in [0.5, 0.6) is 0 Å². The van der Waals surface area contributed by atoms with Gasteiger partial charge in [0.05, 0.1) is 14.8 Å². The van der Waals surface area contributed by atoms with Crippen LogP contribution in [0.2, 0.25) is 10.0 Å². The summed E-state index contributed by atoms with van der Waals surface area (Å²) in [7, 11) is -3.78. The van der Waals surface area contributed by atoms with Crippen LogP contribution in [0.4, 0.5) is 0 Å². The topological polar surface area (TPSA) is 77.2 Å². The fraction of sp³-hybridized carbons (Fsp3) is 0.150. The van der Waals surface area contributed by atoms with Crippen molar-refractivity contribution in [2.75, 3.05) is 0 Å². The SMILES string of the molecule is CCC(=O)c1sc(-c2ccc(Cl)cc2Cl)c(C)c1-c1ccc(S(N)(=O)=O)cc1. The molecule has 0 unspecified atom stereocenters. The van der Waals surface area contributed by atoms with E-state index in [1.165, 1.54) is 23.5 Å². The van der Waals surface area contributed by atoms with E-state index in [4.69, 9.17) is 28.3 Å². The van der Waals surface area contributed by atoms with Crippen LogP contribution >= 0.6 is 34.5 Å². The zero-order chi connectivity index (χ0) is 20.6. The van der Waals surface area contributed by atoms with Gasteiger partial charge in [0.25, 0.3) is 0 Å². The number of benzene rings is 2. The summed E-state index contributed by atoms with van der Waals surface area (Å²) in [6.07, 6.45) is 0.357. The Hall–Kier alpha value is -1.70.